The van der Waals surface area contributed by atoms with E-state index in [1.54, 1.807) is 9.81 Å². The molecule has 2 aliphatic rings. The molecular formula is C8H10S. The molecular weight excluding hydrogens is 128 g/mol. The number of hydrogen-bond donors (Lipinski definition) is 0. The minimum Gasteiger partial charge on any atom is -0.0997 e. The molecule has 48 valence electrons. The summed E-state index contributed by atoms with van der Waals surface area (Å²) in [6.07, 6.45) is 9.98. The van der Waals surface area contributed by atoms with E-state index >= 15 is 0 Å². The molecule has 0 aromatic rings. The van der Waals surface area contributed by atoms with Crippen LogP contribution in [0.4, 0.5) is 0 Å². The van der Waals surface area contributed by atoms with Gasteiger partial charge < -0.3 is 0 Å². The fourth-order valence-electron chi connectivity index (χ4n) is 0.878. The lowest BCUT2D eigenvalue weighted by Crippen LogP contribution is -1.93. The van der Waals surface area contributed by atoms with Crippen molar-refractivity contribution >= 4 is 11.8 Å². The Balaban J connectivity index is 1.89. The minimum absolute atomic E-state index is 1.32. The minimum atomic E-state index is 1.32. The van der Waals surface area contributed by atoms with E-state index in [1.807, 2.05) is 11.8 Å². The molecule has 0 saturated carbocycles. The van der Waals surface area contributed by atoms with E-state index in [-0.39, 0.29) is 0 Å². The first-order valence-electron chi connectivity index (χ1n) is 3.51. The lowest BCUT2D eigenvalue weighted by molar-refractivity contribution is 0.924. The standard InChI is InChI=1S/C8H10S/c1-3-7(4-1)9-8-5-2-6-8/h3,5H,1-2,4,6H2. The van der Waals surface area contributed by atoms with Gasteiger partial charge in [-0.1, -0.05) is 23.9 Å². The van der Waals surface area contributed by atoms with E-state index in [1.165, 1.54) is 25.7 Å². The van der Waals surface area contributed by atoms with Crippen LogP contribution in [0.15, 0.2) is 22.0 Å². The Morgan fingerprint density at radius 1 is 1.00 bits per heavy atom. The van der Waals surface area contributed by atoms with E-state index in [0.717, 1.165) is 0 Å². The maximum atomic E-state index is 2.34. The van der Waals surface area contributed by atoms with Crippen LogP contribution in [0.1, 0.15) is 25.7 Å². The highest BCUT2D eigenvalue weighted by atomic mass is 32.2. The molecule has 0 N–H and O–H groups in total. The third-order valence-corrected chi connectivity index (χ3v) is 3.05. The maximum Gasteiger partial charge on any atom is -0.0142 e. The maximum absolute atomic E-state index is 2.34. The van der Waals surface area contributed by atoms with Gasteiger partial charge in [-0.15, -0.1) is 0 Å². The zero-order valence-electron chi connectivity index (χ0n) is 5.39. The lowest BCUT2D eigenvalue weighted by atomic mass is 10.1. The van der Waals surface area contributed by atoms with Gasteiger partial charge in [-0.3, -0.25) is 0 Å². The predicted molar refractivity (Wildman–Crippen MR) is 42.2 cm³/mol. The molecule has 0 amide bonds. The molecule has 0 atom stereocenters. The molecule has 0 spiro atoms. The summed E-state index contributed by atoms with van der Waals surface area (Å²) in [4.78, 5) is 3.20. The molecule has 0 unspecified atom stereocenters. The van der Waals surface area contributed by atoms with Crippen molar-refractivity contribution in [3.8, 4) is 0 Å². The van der Waals surface area contributed by atoms with Crippen molar-refractivity contribution in [2.75, 3.05) is 0 Å². The van der Waals surface area contributed by atoms with Crippen LogP contribution in [0, 0.1) is 0 Å². The van der Waals surface area contributed by atoms with Crippen LogP contribution in [0.2, 0.25) is 0 Å². The summed E-state index contributed by atoms with van der Waals surface area (Å²) in [5.41, 5.74) is 0. The second-order valence-corrected chi connectivity index (χ2v) is 3.77. The molecule has 0 nitrogen and oxygen atoms in total. The fraction of sp³-hybridized carbons (Fsp3) is 0.500. The van der Waals surface area contributed by atoms with E-state index in [0.29, 0.717) is 0 Å². The Labute approximate surface area is 60.0 Å². The average Bonchev–Trinajstić information content (AvgIpc) is 1.57. The Morgan fingerprint density at radius 3 is 1.67 bits per heavy atom. The van der Waals surface area contributed by atoms with Crippen LogP contribution >= 0.6 is 11.8 Å². The van der Waals surface area contributed by atoms with Gasteiger partial charge in [-0.05, 0) is 35.5 Å². The molecule has 0 fully saturated rings. The van der Waals surface area contributed by atoms with Crippen molar-refractivity contribution in [2.45, 2.75) is 25.7 Å². The second kappa shape index (κ2) is 2.22. The first-order valence-corrected chi connectivity index (χ1v) is 4.33. The largest absolute Gasteiger partial charge is 0.0997 e. The first-order chi connectivity index (χ1) is 4.45. The van der Waals surface area contributed by atoms with Gasteiger partial charge in [0.2, 0.25) is 0 Å². The molecule has 1 heteroatoms. The van der Waals surface area contributed by atoms with Crippen molar-refractivity contribution in [1.82, 2.24) is 0 Å². The lowest BCUT2D eigenvalue weighted by Gasteiger charge is -2.19. The molecule has 2 aliphatic carbocycles. The van der Waals surface area contributed by atoms with Gasteiger partial charge in [-0.25, -0.2) is 0 Å². The van der Waals surface area contributed by atoms with E-state index < -0.39 is 0 Å². The number of allylic oxidation sites excluding steroid dienone is 4. The van der Waals surface area contributed by atoms with E-state index in [4.69, 9.17) is 0 Å². The Hall–Kier alpha value is -0.170. The highest BCUT2D eigenvalue weighted by Gasteiger charge is 2.12. The van der Waals surface area contributed by atoms with Crippen molar-refractivity contribution in [1.29, 1.82) is 0 Å². The number of hydrogen-bond acceptors (Lipinski definition) is 1. The summed E-state index contributed by atoms with van der Waals surface area (Å²) in [6, 6.07) is 0. The van der Waals surface area contributed by atoms with E-state index in [2.05, 4.69) is 12.2 Å². The van der Waals surface area contributed by atoms with Crippen LogP contribution in [-0.2, 0) is 0 Å². The SMILES string of the molecule is C1=C(SC2=CCC2)CC1. The summed E-state index contributed by atoms with van der Waals surface area (Å²) in [5.74, 6) is 0. The third kappa shape index (κ3) is 1.06. The van der Waals surface area contributed by atoms with Gasteiger partial charge >= 0.3 is 0 Å². The summed E-state index contributed by atoms with van der Waals surface area (Å²) in [5, 5.41) is 0. The van der Waals surface area contributed by atoms with Gasteiger partial charge in [0.1, 0.15) is 0 Å². The molecule has 0 radical (unpaired) electrons. The van der Waals surface area contributed by atoms with Crippen LogP contribution < -0.4 is 0 Å². The van der Waals surface area contributed by atoms with Gasteiger partial charge in [-0.2, -0.15) is 0 Å². The monoisotopic (exact) mass is 138 g/mol. The van der Waals surface area contributed by atoms with E-state index in [9.17, 15) is 0 Å². The summed E-state index contributed by atoms with van der Waals surface area (Å²) >= 11 is 2.00. The molecule has 0 aromatic carbocycles. The quantitative estimate of drug-likeness (QED) is 0.565. The molecule has 0 bridgehead atoms. The highest BCUT2D eigenvalue weighted by molar-refractivity contribution is 8.06. The average molecular weight is 138 g/mol. The Kier molecular flexibility index (Phi) is 1.38. The normalized spacial score (nSPS) is 23.6. The van der Waals surface area contributed by atoms with Crippen molar-refractivity contribution in [3.05, 3.63) is 22.0 Å². The van der Waals surface area contributed by atoms with Crippen LogP contribution in [0.25, 0.3) is 0 Å². The third-order valence-electron chi connectivity index (χ3n) is 1.79. The van der Waals surface area contributed by atoms with Crippen LogP contribution in [0.3, 0.4) is 0 Å². The zero-order chi connectivity index (χ0) is 6.10. The Morgan fingerprint density at radius 2 is 1.44 bits per heavy atom. The van der Waals surface area contributed by atoms with Crippen molar-refractivity contribution in [3.63, 3.8) is 0 Å². The van der Waals surface area contributed by atoms with Crippen molar-refractivity contribution in [2.24, 2.45) is 0 Å². The first kappa shape index (κ1) is 5.60. The van der Waals surface area contributed by atoms with Gasteiger partial charge in [0.15, 0.2) is 0 Å². The molecule has 2 rings (SSSR count). The topological polar surface area (TPSA) is 0 Å². The zero-order valence-corrected chi connectivity index (χ0v) is 6.21. The van der Waals surface area contributed by atoms with Gasteiger partial charge in [0.25, 0.3) is 0 Å². The second-order valence-electron chi connectivity index (χ2n) is 2.52. The molecule has 0 aliphatic heterocycles. The molecule has 0 saturated heterocycles. The summed E-state index contributed by atoms with van der Waals surface area (Å²) in [6.45, 7) is 0. The van der Waals surface area contributed by atoms with Crippen molar-refractivity contribution < 1.29 is 0 Å². The molecule has 0 aromatic heterocycles. The molecule has 0 heterocycles. The highest BCUT2D eigenvalue weighted by Crippen LogP contribution is 2.40. The Bertz CT molecular complexity index is 157. The van der Waals surface area contributed by atoms with Crippen LogP contribution in [0.5, 0.6) is 0 Å². The molecule has 9 heavy (non-hydrogen) atoms. The number of rotatable bonds is 2. The smallest absolute Gasteiger partial charge is 0.0142 e. The van der Waals surface area contributed by atoms with Gasteiger partial charge in [0.05, 0.1) is 0 Å². The fourth-order valence-corrected chi connectivity index (χ4v) is 2.06. The predicted octanol–water partition coefficient (Wildman–Crippen LogP) is 3.08. The number of thioether (sulfide) groups is 1. The summed E-state index contributed by atoms with van der Waals surface area (Å²) in [7, 11) is 0. The summed E-state index contributed by atoms with van der Waals surface area (Å²) < 4.78 is 0. The van der Waals surface area contributed by atoms with Crippen LogP contribution in [-0.4, -0.2) is 0 Å². The van der Waals surface area contributed by atoms with Gasteiger partial charge in [0, 0.05) is 0 Å².